The van der Waals surface area contributed by atoms with Crippen molar-refractivity contribution in [3.63, 3.8) is 0 Å². The van der Waals surface area contributed by atoms with Gasteiger partial charge in [-0.1, -0.05) is 23.7 Å². The molecular formula is C20H28ClN2O+. The van der Waals surface area contributed by atoms with Crippen molar-refractivity contribution in [3.05, 3.63) is 34.9 Å². The minimum atomic E-state index is 0.124. The predicted molar refractivity (Wildman–Crippen MR) is 95.7 cm³/mol. The molecule has 4 bridgehead atoms. The van der Waals surface area contributed by atoms with Crippen molar-refractivity contribution < 1.29 is 10.1 Å². The van der Waals surface area contributed by atoms with E-state index < -0.39 is 0 Å². The van der Waals surface area contributed by atoms with Crippen LogP contribution in [0.2, 0.25) is 5.02 Å². The average molecular weight is 348 g/mol. The zero-order valence-electron chi connectivity index (χ0n) is 14.4. The minimum Gasteiger partial charge on any atom is -0.346 e. The Kier molecular flexibility index (Phi) is 4.34. The van der Waals surface area contributed by atoms with Crippen molar-refractivity contribution in [2.75, 3.05) is 6.54 Å². The molecule has 4 fully saturated rings. The van der Waals surface area contributed by atoms with Crippen LogP contribution in [0.3, 0.4) is 0 Å². The van der Waals surface area contributed by atoms with Gasteiger partial charge in [-0.25, -0.2) is 0 Å². The van der Waals surface area contributed by atoms with Gasteiger partial charge in [0.15, 0.2) is 6.54 Å². The minimum absolute atomic E-state index is 0.124. The molecule has 5 rings (SSSR count). The van der Waals surface area contributed by atoms with Crippen molar-refractivity contribution in [2.24, 2.45) is 17.8 Å². The third-order valence-corrected chi connectivity index (χ3v) is 6.71. The molecule has 3 nitrogen and oxygen atoms in total. The van der Waals surface area contributed by atoms with Crippen LogP contribution in [0.1, 0.15) is 57.1 Å². The number of hydrogen-bond acceptors (Lipinski definition) is 1. The molecule has 0 heterocycles. The quantitative estimate of drug-likeness (QED) is 0.844. The smallest absolute Gasteiger partial charge is 0.275 e. The third-order valence-electron chi connectivity index (χ3n) is 6.47. The van der Waals surface area contributed by atoms with Gasteiger partial charge in [-0.2, -0.15) is 0 Å². The Bertz CT molecular complexity index is 595. The van der Waals surface area contributed by atoms with Gasteiger partial charge in [0.1, 0.15) is 6.04 Å². The number of rotatable bonds is 5. The van der Waals surface area contributed by atoms with E-state index in [1.165, 1.54) is 44.1 Å². The van der Waals surface area contributed by atoms with Crippen LogP contribution in [0.15, 0.2) is 24.3 Å². The second kappa shape index (κ2) is 6.34. The normalized spacial score (nSPS) is 35.0. The lowest BCUT2D eigenvalue weighted by Crippen LogP contribution is -2.87. The highest BCUT2D eigenvalue weighted by molar-refractivity contribution is 6.30. The first-order valence-corrected chi connectivity index (χ1v) is 9.79. The van der Waals surface area contributed by atoms with E-state index in [4.69, 9.17) is 11.6 Å². The molecule has 1 atom stereocenters. The summed E-state index contributed by atoms with van der Waals surface area (Å²) in [5.41, 5.74) is 1.30. The number of carbonyl (C=O) groups excluding carboxylic acids is 1. The molecule has 4 aliphatic carbocycles. The second-order valence-electron chi connectivity index (χ2n) is 8.53. The summed E-state index contributed by atoms with van der Waals surface area (Å²) in [6.45, 7) is 2.62. The molecule has 0 spiro atoms. The number of nitrogens with one attached hydrogen (secondary N) is 1. The lowest BCUT2D eigenvalue weighted by Gasteiger charge is -2.56. The third kappa shape index (κ3) is 3.34. The molecule has 0 aliphatic heterocycles. The van der Waals surface area contributed by atoms with Crippen LogP contribution in [0, 0.1) is 17.8 Å². The Morgan fingerprint density at radius 3 is 2.46 bits per heavy atom. The average Bonchev–Trinajstić information content (AvgIpc) is 2.50. The van der Waals surface area contributed by atoms with Crippen LogP contribution in [-0.2, 0) is 4.79 Å². The SMILES string of the molecule is C[C@@H]([NH2+]CC(=O)NC12CC3CC(CC(C3)C1)C2)c1cccc(Cl)c1. The van der Waals surface area contributed by atoms with Crippen LogP contribution in [-0.4, -0.2) is 18.0 Å². The number of hydrogen-bond donors (Lipinski definition) is 2. The molecule has 4 aliphatic rings. The van der Waals surface area contributed by atoms with Gasteiger partial charge in [-0.3, -0.25) is 4.79 Å². The van der Waals surface area contributed by atoms with E-state index in [1.807, 2.05) is 18.2 Å². The van der Waals surface area contributed by atoms with Gasteiger partial charge >= 0.3 is 0 Å². The number of halogens is 1. The molecule has 0 radical (unpaired) electrons. The highest BCUT2D eigenvalue weighted by atomic mass is 35.5. The van der Waals surface area contributed by atoms with Crippen molar-refractivity contribution in [1.82, 2.24) is 5.32 Å². The second-order valence-corrected chi connectivity index (χ2v) is 8.97. The Balaban J connectivity index is 1.32. The summed E-state index contributed by atoms with van der Waals surface area (Å²) in [5.74, 6) is 2.80. The Morgan fingerprint density at radius 2 is 1.88 bits per heavy atom. The number of nitrogens with two attached hydrogens (primary N) is 1. The largest absolute Gasteiger partial charge is 0.346 e. The first-order valence-electron chi connectivity index (χ1n) is 9.41. The maximum atomic E-state index is 12.6. The number of amides is 1. The Labute approximate surface area is 149 Å². The van der Waals surface area contributed by atoms with Crippen molar-refractivity contribution in [2.45, 2.75) is 57.0 Å². The Hall–Kier alpha value is -1.06. The molecule has 130 valence electrons. The summed E-state index contributed by atoms with van der Waals surface area (Å²) in [5, 5.41) is 6.31. The van der Waals surface area contributed by atoms with Gasteiger partial charge < -0.3 is 10.6 Å². The topological polar surface area (TPSA) is 45.7 Å². The van der Waals surface area contributed by atoms with E-state index in [-0.39, 0.29) is 17.5 Å². The maximum absolute atomic E-state index is 12.6. The molecule has 0 saturated heterocycles. The van der Waals surface area contributed by atoms with E-state index in [2.05, 4.69) is 23.6 Å². The Morgan fingerprint density at radius 1 is 1.25 bits per heavy atom. The van der Waals surface area contributed by atoms with Gasteiger partial charge in [0, 0.05) is 16.1 Å². The molecule has 4 saturated carbocycles. The van der Waals surface area contributed by atoms with Gasteiger partial charge in [-0.05, 0) is 75.3 Å². The predicted octanol–water partition coefficient (Wildman–Crippen LogP) is 3.05. The summed E-state index contributed by atoms with van der Waals surface area (Å²) in [4.78, 5) is 12.6. The molecule has 0 unspecified atom stereocenters. The lowest BCUT2D eigenvalue weighted by atomic mass is 9.53. The van der Waals surface area contributed by atoms with E-state index in [9.17, 15) is 4.79 Å². The molecule has 24 heavy (non-hydrogen) atoms. The summed E-state index contributed by atoms with van der Waals surface area (Å²) >= 11 is 6.06. The summed E-state index contributed by atoms with van der Waals surface area (Å²) in [6.07, 6.45) is 7.88. The van der Waals surface area contributed by atoms with E-state index in [0.29, 0.717) is 6.54 Å². The van der Waals surface area contributed by atoms with Crippen LogP contribution < -0.4 is 10.6 Å². The molecule has 0 aromatic heterocycles. The summed E-state index contributed by atoms with van der Waals surface area (Å²) in [6, 6.07) is 8.16. The standard InChI is InChI=1S/C20H27ClN2O/c1-13(17-3-2-4-18(21)8-17)22-12-19(24)23-20-9-14-5-15(10-20)7-16(6-14)11-20/h2-4,8,13-16,22H,5-7,9-12H2,1H3,(H,23,24)/p+1/t13-,14?,15?,16?,20?/m1/s1. The molecule has 3 N–H and O–H groups in total. The molecule has 1 amide bonds. The number of benzene rings is 1. The first-order chi connectivity index (χ1) is 11.5. The molecule has 1 aromatic rings. The fourth-order valence-electron chi connectivity index (χ4n) is 5.82. The maximum Gasteiger partial charge on any atom is 0.275 e. The van der Waals surface area contributed by atoms with Crippen molar-refractivity contribution in [3.8, 4) is 0 Å². The van der Waals surface area contributed by atoms with Crippen LogP contribution >= 0.6 is 11.6 Å². The fourth-order valence-corrected chi connectivity index (χ4v) is 6.02. The first kappa shape index (κ1) is 16.4. The fraction of sp³-hybridized carbons (Fsp3) is 0.650. The highest BCUT2D eigenvalue weighted by Gasteiger charge is 2.51. The summed E-state index contributed by atoms with van der Waals surface area (Å²) < 4.78 is 0. The van der Waals surface area contributed by atoms with Crippen molar-refractivity contribution in [1.29, 1.82) is 0 Å². The zero-order valence-corrected chi connectivity index (χ0v) is 15.2. The monoisotopic (exact) mass is 347 g/mol. The van der Waals surface area contributed by atoms with Gasteiger partial charge in [0.2, 0.25) is 0 Å². The van der Waals surface area contributed by atoms with Gasteiger partial charge in [0.05, 0.1) is 0 Å². The molecular weight excluding hydrogens is 320 g/mol. The van der Waals surface area contributed by atoms with Crippen LogP contribution in [0.4, 0.5) is 0 Å². The number of carbonyl (C=O) groups is 1. The van der Waals surface area contributed by atoms with E-state index in [0.717, 1.165) is 22.8 Å². The van der Waals surface area contributed by atoms with Crippen molar-refractivity contribution >= 4 is 17.5 Å². The van der Waals surface area contributed by atoms with E-state index >= 15 is 0 Å². The van der Waals surface area contributed by atoms with Gasteiger partial charge in [-0.15, -0.1) is 0 Å². The molecule has 1 aromatic carbocycles. The van der Waals surface area contributed by atoms with Crippen LogP contribution in [0.25, 0.3) is 0 Å². The molecule has 4 heteroatoms. The van der Waals surface area contributed by atoms with Crippen LogP contribution in [0.5, 0.6) is 0 Å². The lowest BCUT2D eigenvalue weighted by molar-refractivity contribution is -0.682. The number of quaternary nitrogens is 1. The van der Waals surface area contributed by atoms with Gasteiger partial charge in [0.25, 0.3) is 5.91 Å². The summed E-state index contributed by atoms with van der Waals surface area (Å²) in [7, 11) is 0. The highest BCUT2D eigenvalue weighted by Crippen LogP contribution is 2.55. The van der Waals surface area contributed by atoms with E-state index in [1.54, 1.807) is 0 Å². The zero-order chi connectivity index (χ0) is 16.7.